The maximum atomic E-state index is 13.3. The third-order valence-electron chi connectivity index (χ3n) is 11.9. The van der Waals surface area contributed by atoms with Crippen LogP contribution >= 0.6 is 0 Å². The highest BCUT2D eigenvalue weighted by atomic mass is 16.6. The van der Waals surface area contributed by atoms with Gasteiger partial charge >= 0.3 is 18.2 Å². The molecule has 2 saturated heterocycles. The molecule has 2 aromatic carbocycles. The SMILES string of the molecule is CC(C)(C)OC(=O)N1CCC(C)(C(=O)N2CCc3cc(C(=O)NO)ccc3C2)CC1.COC(=O)c1ccc2c(c1)CCN(C(=O)C1(C)CCN(C(=O)OC(C)(C)C)CC1)C2. The molecule has 15 nitrogen and oxygen atoms in total. The number of methoxy groups -OCH3 is 1. The van der Waals surface area contributed by atoms with E-state index in [-0.39, 0.29) is 30.0 Å². The monoisotopic (exact) mass is 833 g/mol. The summed E-state index contributed by atoms with van der Waals surface area (Å²) in [6, 6.07) is 10.8. The molecule has 4 heterocycles. The quantitative estimate of drug-likeness (QED) is 0.158. The highest BCUT2D eigenvalue weighted by Crippen LogP contribution is 2.37. The summed E-state index contributed by atoms with van der Waals surface area (Å²) in [5.41, 5.74) is 4.72. The first-order valence-corrected chi connectivity index (χ1v) is 20.9. The van der Waals surface area contributed by atoms with Crippen LogP contribution in [0.15, 0.2) is 36.4 Å². The zero-order valence-corrected chi connectivity index (χ0v) is 36.8. The lowest BCUT2D eigenvalue weighted by Gasteiger charge is -2.42. The molecule has 2 aromatic rings. The Balaban J connectivity index is 0.000000228. The second kappa shape index (κ2) is 18.2. The van der Waals surface area contributed by atoms with Crippen LogP contribution in [0.2, 0.25) is 0 Å². The van der Waals surface area contributed by atoms with Crippen molar-refractivity contribution in [2.24, 2.45) is 10.8 Å². The molecule has 0 spiro atoms. The molecule has 15 heteroatoms. The molecule has 4 aliphatic heterocycles. The van der Waals surface area contributed by atoms with Crippen molar-refractivity contribution in [1.29, 1.82) is 0 Å². The van der Waals surface area contributed by atoms with Gasteiger partial charge in [0.1, 0.15) is 11.2 Å². The first-order chi connectivity index (χ1) is 28.0. The van der Waals surface area contributed by atoms with E-state index < -0.39 is 27.9 Å². The minimum atomic E-state index is -0.541. The molecule has 0 aliphatic carbocycles. The Kier molecular flexibility index (Phi) is 13.9. The molecule has 5 amide bonds. The van der Waals surface area contributed by atoms with Gasteiger partial charge < -0.3 is 33.8 Å². The molecule has 60 heavy (non-hydrogen) atoms. The van der Waals surface area contributed by atoms with Gasteiger partial charge in [0.2, 0.25) is 11.8 Å². The molecule has 0 atom stereocenters. The summed E-state index contributed by atoms with van der Waals surface area (Å²) in [5.74, 6) is -0.649. The smallest absolute Gasteiger partial charge is 0.410 e. The third-order valence-corrected chi connectivity index (χ3v) is 11.9. The van der Waals surface area contributed by atoms with Crippen LogP contribution in [0.5, 0.6) is 0 Å². The number of nitrogens with one attached hydrogen (secondary N) is 1. The molecule has 0 aromatic heterocycles. The molecule has 2 fully saturated rings. The highest BCUT2D eigenvalue weighted by molar-refractivity contribution is 5.93. The van der Waals surface area contributed by atoms with Crippen molar-refractivity contribution in [2.75, 3.05) is 46.4 Å². The number of ether oxygens (including phenoxy) is 3. The number of carbonyl (C=O) groups is 6. The largest absolute Gasteiger partial charge is 0.465 e. The first kappa shape index (κ1) is 45.9. The van der Waals surface area contributed by atoms with Crippen LogP contribution in [0.3, 0.4) is 0 Å². The van der Waals surface area contributed by atoms with Crippen molar-refractivity contribution in [3.63, 3.8) is 0 Å². The molecule has 328 valence electrons. The zero-order chi connectivity index (χ0) is 44.2. The second-order valence-electron chi connectivity index (χ2n) is 18.9. The Labute approximate surface area is 353 Å². The van der Waals surface area contributed by atoms with Crippen molar-refractivity contribution in [3.8, 4) is 0 Å². The van der Waals surface area contributed by atoms with Gasteiger partial charge in [-0.25, -0.2) is 19.9 Å². The third kappa shape index (κ3) is 11.1. The molecular weight excluding hydrogens is 771 g/mol. The van der Waals surface area contributed by atoms with Crippen molar-refractivity contribution in [2.45, 2.75) is 118 Å². The zero-order valence-electron chi connectivity index (χ0n) is 36.8. The molecule has 0 radical (unpaired) electrons. The number of nitrogens with zero attached hydrogens (tertiary/aromatic N) is 4. The minimum Gasteiger partial charge on any atom is -0.465 e. The van der Waals surface area contributed by atoms with Gasteiger partial charge in [0.15, 0.2) is 0 Å². The lowest BCUT2D eigenvalue weighted by Crippen LogP contribution is -2.51. The molecule has 0 saturated carbocycles. The summed E-state index contributed by atoms with van der Waals surface area (Å²) < 4.78 is 15.7. The van der Waals surface area contributed by atoms with E-state index in [0.717, 1.165) is 22.3 Å². The van der Waals surface area contributed by atoms with E-state index in [1.54, 1.807) is 33.5 Å². The lowest BCUT2D eigenvalue weighted by molar-refractivity contribution is -0.145. The number of esters is 1. The van der Waals surface area contributed by atoms with Crippen LogP contribution in [-0.4, -0.2) is 118 Å². The predicted octanol–water partition coefficient (Wildman–Crippen LogP) is 6.12. The lowest BCUT2D eigenvalue weighted by atomic mass is 9.78. The maximum Gasteiger partial charge on any atom is 0.410 e. The van der Waals surface area contributed by atoms with Gasteiger partial charge in [0.05, 0.1) is 12.7 Å². The van der Waals surface area contributed by atoms with Gasteiger partial charge in [-0.3, -0.25) is 19.6 Å². The Hall–Kier alpha value is -5.18. The Morgan fingerprint density at radius 2 is 0.967 bits per heavy atom. The summed E-state index contributed by atoms with van der Waals surface area (Å²) in [6.07, 6.45) is 3.18. The number of likely N-dealkylation sites (tertiary alicyclic amines) is 2. The van der Waals surface area contributed by atoms with E-state index in [1.807, 2.05) is 83.4 Å². The fourth-order valence-corrected chi connectivity index (χ4v) is 8.11. The van der Waals surface area contributed by atoms with Gasteiger partial charge in [0, 0.05) is 68.8 Å². The number of hydrogen-bond donors (Lipinski definition) is 2. The fourth-order valence-electron chi connectivity index (χ4n) is 8.11. The summed E-state index contributed by atoms with van der Waals surface area (Å²) in [7, 11) is 1.37. The summed E-state index contributed by atoms with van der Waals surface area (Å²) in [5, 5.41) is 8.80. The van der Waals surface area contributed by atoms with Gasteiger partial charge in [0.25, 0.3) is 5.91 Å². The van der Waals surface area contributed by atoms with Crippen LogP contribution in [0.1, 0.15) is 124 Å². The van der Waals surface area contributed by atoms with Gasteiger partial charge in [-0.05, 0) is 127 Å². The highest BCUT2D eigenvalue weighted by Gasteiger charge is 2.43. The number of fused-ring (bicyclic) bond motifs is 2. The molecule has 2 N–H and O–H groups in total. The Bertz CT molecular complexity index is 1810. The molecule has 0 unspecified atom stereocenters. The van der Waals surface area contributed by atoms with Gasteiger partial charge in [-0.15, -0.1) is 0 Å². The average molecular weight is 834 g/mol. The van der Waals surface area contributed by atoms with E-state index in [1.165, 1.54) is 7.11 Å². The van der Waals surface area contributed by atoms with Crippen LogP contribution in [0, 0.1) is 10.8 Å². The number of carbonyl (C=O) groups excluding carboxylic acids is 6. The topological polar surface area (TPSA) is 175 Å². The molecule has 4 aliphatic rings. The first-order valence-electron chi connectivity index (χ1n) is 20.9. The molecular formula is C45H63N5O10. The fraction of sp³-hybridized carbons (Fsp3) is 0.600. The van der Waals surface area contributed by atoms with Crippen molar-refractivity contribution < 1.29 is 48.2 Å². The average Bonchev–Trinajstić information content (AvgIpc) is 3.21. The van der Waals surface area contributed by atoms with E-state index in [0.29, 0.717) is 102 Å². The number of amides is 5. The summed E-state index contributed by atoms with van der Waals surface area (Å²) >= 11 is 0. The number of benzene rings is 2. The normalized spacial score (nSPS) is 18.4. The van der Waals surface area contributed by atoms with Gasteiger partial charge in [-0.1, -0.05) is 26.0 Å². The Morgan fingerprint density at radius 1 is 0.583 bits per heavy atom. The molecule has 6 rings (SSSR count). The van der Waals surface area contributed by atoms with Crippen LogP contribution in [-0.2, 0) is 49.7 Å². The second-order valence-corrected chi connectivity index (χ2v) is 18.9. The Morgan fingerprint density at radius 3 is 1.33 bits per heavy atom. The van der Waals surface area contributed by atoms with E-state index >= 15 is 0 Å². The summed E-state index contributed by atoms with van der Waals surface area (Å²) in [6.45, 7) is 19.4. The number of rotatable bonds is 4. The van der Waals surface area contributed by atoms with E-state index in [9.17, 15) is 28.8 Å². The van der Waals surface area contributed by atoms with Crippen molar-refractivity contribution >= 4 is 35.9 Å². The van der Waals surface area contributed by atoms with E-state index in [2.05, 4.69) is 0 Å². The molecule has 0 bridgehead atoms. The van der Waals surface area contributed by atoms with Crippen LogP contribution < -0.4 is 5.48 Å². The predicted molar refractivity (Wildman–Crippen MR) is 222 cm³/mol. The van der Waals surface area contributed by atoms with Crippen molar-refractivity contribution in [1.82, 2.24) is 25.1 Å². The van der Waals surface area contributed by atoms with Crippen LogP contribution in [0.4, 0.5) is 9.59 Å². The van der Waals surface area contributed by atoms with Gasteiger partial charge in [-0.2, -0.15) is 0 Å². The number of piperidine rings is 2. The van der Waals surface area contributed by atoms with Crippen LogP contribution in [0.25, 0.3) is 0 Å². The van der Waals surface area contributed by atoms with Crippen molar-refractivity contribution in [3.05, 3.63) is 69.8 Å². The minimum absolute atomic E-state index is 0.106. The standard InChI is InChI=1S/C23H32N2O5.C22H31N3O5/c1-22(2,3)30-21(28)24-12-9-23(4,10-13-24)20(27)25-11-8-16-14-17(19(26)29-5)6-7-18(16)15-25;1-21(2,3)30-20(28)24-11-8-22(4,9-12-24)19(27)25-10-7-15-13-16(18(26)23-29)5-6-17(15)14-25/h6-7,14H,8-13,15H2,1-5H3;5-6,13,29H,7-12,14H2,1-4H3,(H,23,26). The number of hydroxylamine groups is 1. The summed E-state index contributed by atoms with van der Waals surface area (Å²) in [4.78, 5) is 81.7. The number of hydrogen-bond acceptors (Lipinski definition) is 10. The maximum absolute atomic E-state index is 13.3. The van der Waals surface area contributed by atoms with E-state index in [4.69, 9.17) is 19.4 Å².